The molecule has 1 aromatic heterocycles. The second-order valence-electron chi connectivity index (χ2n) is 4.59. The van der Waals surface area contributed by atoms with Crippen LogP contribution in [-0.2, 0) is 4.79 Å². The Hall–Kier alpha value is -1.88. The fourth-order valence-electron chi connectivity index (χ4n) is 1.74. The van der Waals surface area contributed by atoms with Gasteiger partial charge in [-0.05, 0) is 43.5 Å². The lowest BCUT2D eigenvalue weighted by molar-refractivity contribution is -0.122. The lowest BCUT2D eigenvalue weighted by Gasteiger charge is -2.17. The molecule has 2 rings (SSSR count). The predicted molar refractivity (Wildman–Crippen MR) is 81.4 cm³/mol. The van der Waals surface area contributed by atoms with E-state index >= 15 is 0 Å². The molecule has 0 unspecified atom stereocenters. The molecule has 2 aromatic rings. The van der Waals surface area contributed by atoms with Crippen LogP contribution in [0.2, 0.25) is 0 Å². The minimum Gasteiger partial charge on any atom is -0.481 e. The van der Waals surface area contributed by atoms with Gasteiger partial charge in [0.1, 0.15) is 5.75 Å². The van der Waals surface area contributed by atoms with Gasteiger partial charge in [0.15, 0.2) is 11.2 Å². The monoisotopic (exact) mass is 290 g/mol. The maximum absolute atomic E-state index is 12.1. The molecule has 0 aliphatic rings. The summed E-state index contributed by atoms with van der Waals surface area (Å²) >= 11 is 1.39. The van der Waals surface area contributed by atoms with Crippen molar-refractivity contribution in [3.63, 3.8) is 0 Å². The molecule has 0 aliphatic carbocycles. The molecule has 1 heterocycles. The van der Waals surface area contributed by atoms with E-state index in [0.717, 1.165) is 5.56 Å². The molecule has 20 heavy (non-hydrogen) atoms. The molecule has 0 fully saturated rings. The molecule has 0 saturated heterocycles. The summed E-state index contributed by atoms with van der Waals surface area (Å²) in [5, 5.41) is 5.18. The van der Waals surface area contributed by atoms with Crippen LogP contribution in [0.5, 0.6) is 5.75 Å². The van der Waals surface area contributed by atoms with Crippen molar-refractivity contribution in [3.8, 4) is 5.75 Å². The van der Waals surface area contributed by atoms with Gasteiger partial charge in [0.2, 0.25) is 0 Å². The number of thiazole rings is 1. The van der Waals surface area contributed by atoms with Crippen molar-refractivity contribution < 1.29 is 9.53 Å². The predicted octanol–water partition coefficient (Wildman–Crippen LogP) is 3.56. The van der Waals surface area contributed by atoms with Gasteiger partial charge in [-0.3, -0.25) is 10.1 Å². The van der Waals surface area contributed by atoms with Crippen LogP contribution in [0.4, 0.5) is 5.13 Å². The summed E-state index contributed by atoms with van der Waals surface area (Å²) in [7, 11) is 0. The molecule has 0 bridgehead atoms. The molecule has 106 valence electrons. The van der Waals surface area contributed by atoms with Gasteiger partial charge in [-0.25, -0.2) is 4.98 Å². The van der Waals surface area contributed by atoms with Crippen LogP contribution in [0, 0.1) is 13.8 Å². The Morgan fingerprint density at radius 1 is 1.40 bits per heavy atom. The van der Waals surface area contributed by atoms with Gasteiger partial charge >= 0.3 is 0 Å². The third-order valence-corrected chi connectivity index (χ3v) is 3.77. The van der Waals surface area contributed by atoms with E-state index in [1.54, 1.807) is 6.20 Å². The number of hydrogen-bond acceptors (Lipinski definition) is 4. The number of rotatable bonds is 5. The summed E-state index contributed by atoms with van der Waals surface area (Å²) in [4.78, 5) is 16.2. The van der Waals surface area contributed by atoms with Crippen LogP contribution in [0.1, 0.15) is 24.5 Å². The number of ether oxygens (including phenoxy) is 1. The Morgan fingerprint density at radius 2 is 2.20 bits per heavy atom. The Kier molecular flexibility index (Phi) is 4.74. The highest BCUT2D eigenvalue weighted by atomic mass is 32.1. The number of amides is 1. The average molecular weight is 290 g/mol. The highest BCUT2D eigenvalue weighted by Gasteiger charge is 2.19. The van der Waals surface area contributed by atoms with Crippen molar-refractivity contribution >= 4 is 22.4 Å². The smallest absolute Gasteiger partial charge is 0.267 e. The summed E-state index contributed by atoms with van der Waals surface area (Å²) in [5.41, 5.74) is 2.36. The second-order valence-corrected chi connectivity index (χ2v) is 5.48. The van der Waals surface area contributed by atoms with E-state index in [2.05, 4.69) is 10.3 Å². The van der Waals surface area contributed by atoms with Gasteiger partial charge in [0.05, 0.1) is 0 Å². The van der Waals surface area contributed by atoms with E-state index in [9.17, 15) is 4.79 Å². The van der Waals surface area contributed by atoms with E-state index in [-0.39, 0.29) is 5.91 Å². The Labute approximate surface area is 122 Å². The number of hydrogen-bond donors (Lipinski definition) is 1. The van der Waals surface area contributed by atoms with Gasteiger partial charge in [-0.15, -0.1) is 11.3 Å². The molecular formula is C15H18N2O2S. The van der Waals surface area contributed by atoms with Crippen LogP contribution in [0.25, 0.3) is 0 Å². The molecule has 5 heteroatoms. The van der Waals surface area contributed by atoms with Crippen molar-refractivity contribution in [3.05, 3.63) is 40.9 Å². The number of aromatic nitrogens is 1. The van der Waals surface area contributed by atoms with Crippen molar-refractivity contribution in [2.45, 2.75) is 33.3 Å². The Morgan fingerprint density at radius 3 is 2.80 bits per heavy atom. The topological polar surface area (TPSA) is 51.2 Å². The van der Waals surface area contributed by atoms with Crippen LogP contribution >= 0.6 is 11.3 Å². The van der Waals surface area contributed by atoms with Crippen molar-refractivity contribution in [1.29, 1.82) is 0 Å². The summed E-state index contributed by atoms with van der Waals surface area (Å²) < 4.78 is 5.77. The summed E-state index contributed by atoms with van der Waals surface area (Å²) in [6, 6.07) is 5.84. The maximum Gasteiger partial charge on any atom is 0.267 e. The lowest BCUT2D eigenvalue weighted by Crippen LogP contribution is -2.32. The fraction of sp³-hybridized carbons (Fsp3) is 0.333. The van der Waals surface area contributed by atoms with Gasteiger partial charge < -0.3 is 4.74 Å². The number of benzene rings is 1. The van der Waals surface area contributed by atoms with E-state index in [1.807, 2.05) is 44.4 Å². The zero-order valence-corrected chi connectivity index (χ0v) is 12.7. The Balaban J connectivity index is 2.04. The minimum atomic E-state index is -0.513. The van der Waals surface area contributed by atoms with Crippen LogP contribution < -0.4 is 10.1 Å². The zero-order valence-electron chi connectivity index (χ0n) is 11.8. The summed E-state index contributed by atoms with van der Waals surface area (Å²) in [6.45, 7) is 6.00. The largest absolute Gasteiger partial charge is 0.481 e. The van der Waals surface area contributed by atoms with Crippen LogP contribution in [-0.4, -0.2) is 17.0 Å². The molecule has 0 saturated carbocycles. The number of aryl methyl sites for hydroxylation is 2. The molecule has 1 amide bonds. The van der Waals surface area contributed by atoms with Gasteiger partial charge in [0, 0.05) is 11.6 Å². The molecule has 0 aliphatic heterocycles. The highest BCUT2D eigenvalue weighted by molar-refractivity contribution is 7.13. The quantitative estimate of drug-likeness (QED) is 0.916. The molecule has 0 radical (unpaired) electrons. The van der Waals surface area contributed by atoms with Crippen LogP contribution in [0.15, 0.2) is 29.8 Å². The lowest BCUT2D eigenvalue weighted by atomic mass is 10.1. The first-order valence-electron chi connectivity index (χ1n) is 6.54. The first-order chi connectivity index (χ1) is 9.60. The van der Waals surface area contributed by atoms with E-state index in [0.29, 0.717) is 17.3 Å². The van der Waals surface area contributed by atoms with Crippen molar-refractivity contribution in [2.24, 2.45) is 0 Å². The average Bonchev–Trinajstić information content (AvgIpc) is 2.92. The molecular weight excluding hydrogens is 272 g/mol. The molecule has 1 N–H and O–H groups in total. The SMILES string of the molecule is CC[C@@H](Oc1ccc(C)c(C)c1)C(=O)Nc1nccs1. The van der Waals surface area contributed by atoms with Gasteiger partial charge in [-0.2, -0.15) is 0 Å². The fourth-order valence-corrected chi connectivity index (χ4v) is 2.28. The zero-order chi connectivity index (χ0) is 14.5. The van der Waals surface area contributed by atoms with E-state index < -0.39 is 6.10 Å². The molecule has 0 spiro atoms. The second kappa shape index (κ2) is 6.52. The van der Waals surface area contributed by atoms with E-state index in [1.165, 1.54) is 16.9 Å². The molecule has 4 nitrogen and oxygen atoms in total. The number of carbonyl (C=O) groups excluding carboxylic acids is 1. The molecule has 1 aromatic carbocycles. The highest BCUT2D eigenvalue weighted by Crippen LogP contribution is 2.19. The van der Waals surface area contributed by atoms with Gasteiger partial charge in [0.25, 0.3) is 5.91 Å². The Bertz CT molecular complexity index is 582. The first-order valence-corrected chi connectivity index (χ1v) is 7.42. The normalized spacial score (nSPS) is 11.9. The number of nitrogens with one attached hydrogen (secondary N) is 1. The third-order valence-electron chi connectivity index (χ3n) is 3.08. The maximum atomic E-state index is 12.1. The standard InChI is InChI=1S/C15H18N2O2S/c1-4-13(14(18)17-15-16-7-8-20-15)19-12-6-5-10(2)11(3)9-12/h5-9,13H,4H2,1-3H3,(H,16,17,18)/t13-/m1/s1. The molecule has 1 atom stereocenters. The third kappa shape index (κ3) is 3.57. The number of anilines is 1. The van der Waals surface area contributed by atoms with Crippen molar-refractivity contribution in [1.82, 2.24) is 4.98 Å². The van der Waals surface area contributed by atoms with E-state index in [4.69, 9.17) is 4.74 Å². The number of carbonyl (C=O) groups is 1. The first kappa shape index (κ1) is 14.5. The number of nitrogens with zero attached hydrogens (tertiary/aromatic N) is 1. The van der Waals surface area contributed by atoms with Crippen molar-refractivity contribution in [2.75, 3.05) is 5.32 Å². The summed E-state index contributed by atoms with van der Waals surface area (Å²) in [5.74, 6) is 0.551. The van der Waals surface area contributed by atoms with Crippen LogP contribution in [0.3, 0.4) is 0 Å². The van der Waals surface area contributed by atoms with Gasteiger partial charge in [-0.1, -0.05) is 13.0 Å². The minimum absolute atomic E-state index is 0.166. The summed E-state index contributed by atoms with van der Waals surface area (Å²) in [6.07, 6.45) is 1.75.